The number of non-ortho nitro benzene ring substituents is 1. The van der Waals surface area contributed by atoms with Crippen molar-refractivity contribution in [3.63, 3.8) is 0 Å². The summed E-state index contributed by atoms with van der Waals surface area (Å²) in [4.78, 5) is 12.2. The zero-order valence-electron chi connectivity index (χ0n) is 10.4. The minimum Gasteiger partial charge on any atom is -0.324 e. The lowest BCUT2D eigenvalue weighted by atomic mass is 10.1. The average Bonchev–Trinajstić information content (AvgIpc) is 2.39. The molecule has 0 amide bonds. The lowest BCUT2D eigenvalue weighted by molar-refractivity contribution is -0.384. The molecule has 0 aliphatic rings. The van der Waals surface area contributed by atoms with Crippen LogP contribution in [0.25, 0.3) is 0 Å². The molecule has 0 aromatic heterocycles. The number of hydrogen-bond donors (Lipinski definition) is 1. The average molecular weight is 274 g/mol. The van der Waals surface area contributed by atoms with E-state index in [-0.39, 0.29) is 11.7 Å². The van der Waals surface area contributed by atoms with Crippen molar-refractivity contribution < 1.29 is 4.92 Å². The number of benzene rings is 2. The van der Waals surface area contributed by atoms with Gasteiger partial charge in [-0.2, -0.15) is 0 Å². The standard InChI is InChI=1S/C14H14N2O2S/c1-10(15)13-4-2-3-5-14(13)19-12-8-6-11(7-9-12)16(17)18/h2-10H,15H2,1H3. The number of nitro groups is 1. The summed E-state index contributed by atoms with van der Waals surface area (Å²) < 4.78 is 0. The Balaban J connectivity index is 2.24. The molecule has 4 nitrogen and oxygen atoms in total. The largest absolute Gasteiger partial charge is 0.324 e. The van der Waals surface area contributed by atoms with E-state index >= 15 is 0 Å². The van der Waals surface area contributed by atoms with Gasteiger partial charge in [-0.3, -0.25) is 10.1 Å². The molecule has 1 unspecified atom stereocenters. The molecule has 2 aromatic rings. The molecule has 2 aromatic carbocycles. The first-order chi connectivity index (χ1) is 9.08. The second-order valence-electron chi connectivity index (χ2n) is 4.18. The maximum atomic E-state index is 10.6. The van der Waals surface area contributed by atoms with Crippen LogP contribution in [0.15, 0.2) is 58.3 Å². The summed E-state index contributed by atoms with van der Waals surface area (Å²) in [5.74, 6) is 0. The van der Waals surface area contributed by atoms with Crippen LogP contribution in [0.2, 0.25) is 0 Å². The number of rotatable bonds is 4. The van der Waals surface area contributed by atoms with Gasteiger partial charge in [-0.1, -0.05) is 30.0 Å². The van der Waals surface area contributed by atoms with Crippen molar-refractivity contribution in [3.8, 4) is 0 Å². The fraction of sp³-hybridized carbons (Fsp3) is 0.143. The summed E-state index contributed by atoms with van der Waals surface area (Å²) in [7, 11) is 0. The van der Waals surface area contributed by atoms with E-state index in [0.717, 1.165) is 15.4 Å². The first-order valence-corrected chi connectivity index (χ1v) is 6.66. The van der Waals surface area contributed by atoms with Crippen molar-refractivity contribution in [2.24, 2.45) is 5.73 Å². The first kappa shape index (κ1) is 13.6. The van der Waals surface area contributed by atoms with E-state index in [4.69, 9.17) is 5.73 Å². The Morgan fingerprint density at radius 2 is 1.79 bits per heavy atom. The molecule has 0 fully saturated rings. The predicted molar refractivity (Wildman–Crippen MR) is 76.3 cm³/mol. The molecule has 0 spiro atoms. The molecule has 98 valence electrons. The Kier molecular flexibility index (Phi) is 4.19. The third-order valence-corrected chi connectivity index (χ3v) is 3.78. The molecule has 0 aliphatic heterocycles. The van der Waals surface area contributed by atoms with Crippen LogP contribution in [0.3, 0.4) is 0 Å². The van der Waals surface area contributed by atoms with Crippen molar-refractivity contribution in [2.45, 2.75) is 22.8 Å². The van der Waals surface area contributed by atoms with Gasteiger partial charge in [0, 0.05) is 28.0 Å². The number of nitrogens with two attached hydrogens (primary N) is 1. The monoisotopic (exact) mass is 274 g/mol. The summed E-state index contributed by atoms with van der Waals surface area (Å²) in [6.07, 6.45) is 0. The minimum absolute atomic E-state index is 0.0400. The number of nitrogens with zero attached hydrogens (tertiary/aromatic N) is 1. The third kappa shape index (κ3) is 3.33. The lowest BCUT2D eigenvalue weighted by Gasteiger charge is -2.11. The summed E-state index contributed by atoms with van der Waals surface area (Å²) >= 11 is 1.56. The van der Waals surface area contributed by atoms with Gasteiger partial charge in [-0.15, -0.1) is 0 Å². The maximum Gasteiger partial charge on any atom is 0.269 e. The molecule has 0 bridgehead atoms. The smallest absolute Gasteiger partial charge is 0.269 e. The molecule has 1 atom stereocenters. The van der Waals surface area contributed by atoms with Gasteiger partial charge in [0.25, 0.3) is 5.69 Å². The zero-order chi connectivity index (χ0) is 13.8. The van der Waals surface area contributed by atoms with Gasteiger partial charge < -0.3 is 5.73 Å². The molecule has 0 saturated carbocycles. The van der Waals surface area contributed by atoms with E-state index in [0.29, 0.717) is 0 Å². The third-order valence-electron chi connectivity index (χ3n) is 2.68. The Labute approximate surface area is 115 Å². The molecular formula is C14H14N2O2S. The van der Waals surface area contributed by atoms with E-state index in [1.165, 1.54) is 12.1 Å². The molecule has 0 aliphatic carbocycles. The lowest BCUT2D eigenvalue weighted by Crippen LogP contribution is -2.05. The Morgan fingerprint density at radius 3 is 2.37 bits per heavy atom. The molecule has 2 rings (SSSR count). The van der Waals surface area contributed by atoms with E-state index in [2.05, 4.69) is 0 Å². The SMILES string of the molecule is CC(N)c1ccccc1Sc1ccc([N+](=O)[O-])cc1. The number of hydrogen-bond acceptors (Lipinski definition) is 4. The summed E-state index contributed by atoms with van der Waals surface area (Å²) in [6, 6.07) is 14.4. The Morgan fingerprint density at radius 1 is 1.16 bits per heavy atom. The van der Waals surface area contributed by atoms with Crippen LogP contribution in [0, 0.1) is 10.1 Å². The van der Waals surface area contributed by atoms with Gasteiger partial charge in [0.05, 0.1) is 4.92 Å². The van der Waals surface area contributed by atoms with Gasteiger partial charge in [0.1, 0.15) is 0 Å². The maximum absolute atomic E-state index is 10.6. The van der Waals surface area contributed by atoms with Gasteiger partial charge >= 0.3 is 0 Å². The van der Waals surface area contributed by atoms with Crippen LogP contribution in [-0.2, 0) is 0 Å². The molecule has 5 heteroatoms. The second-order valence-corrected chi connectivity index (χ2v) is 5.29. The quantitative estimate of drug-likeness (QED) is 0.680. The van der Waals surface area contributed by atoms with Gasteiger partial charge in [0.15, 0.2) is 0 Å². The summed E-state index contributed by atoms with van der Waals surface area (Å²) in [5.41, 5.74) is 7.11. The van der Waals surface area contributed by atoms with Crippen molar-refractivity contribution >= 4 is 17.4 Å². The van der Waals surface area contributed by atoms with E-state index in [1.807, 2.05) is 31.2 Å². The summed E-state index contributed by atoms with van der Waals surface area (Å²) in [6.45, 7) is 1.94. The first-order valence-electron chi connectivity index (χ1n) is 5.85. The van der Waals surface area contributed by atoms with Crippen molar-refractivity contribution in [1.82, 2.24) is 0 Å². The van der Waals surface area contributed by atoms with E-state index in [9.17, 15) is 10.1 Å². The van der Waals surface area contributed by atoms with Crippen LogP contribution in [-0.4, -0.2) is 4.92 Å². The zero-order valence-corrected chi connectivity index (χ0v) is 11.3. The topological polar surface area (TPSA) is 69.2 Å². The fourth-order valence-electron chi connectivity index (χ4n) is 1.71. The van der Waals surface area contributed by atoms with E-state index in [1.54, 1.807) is 23.9 Å². The molecule has 0 radical (unpaired) electrons. The van der Waals surface area contributed by atoms with Gasteiger partial charge in [0.2, 0.25) is 0 Å². The van der Waals surface area contributed by atoms with Crippen molar-refractivity contribution in [2.75, 3.05) is 0 Å². The predicted octanol–water partition coefficient (Wildman–Crippen LogP) is 3.77. The highest BCUT2D eigenvalue weighted by Gasteiger charge is 2.09. The minimum atomic E-state index is -0.398. The van der Waals surface area contributed by atoms with Crippen LogP contribution in [0.4, 0.5) is 5.69 Å². The molecular weight excluding hydrogens is 260 g/mol. The second kappa shape index (κ2) is 5.86. The summed E-state index contributed by atoms with van der Waals surface area (Å²) in [5, 5.41) is 10.6. The Bertz CT molecular complexity index is 582. The van der Waals surface area contributed by atoms with Crippen LogP contribution in [0.5, 0.6) is 0 Å². The van der Waals surface area contributed by atoms with Crippen LogP contribution >= 0.6 is 11.8 Å². The van der Waals surface area contributed by atoms with Crippen molar-refractivity contribution in [3.05, 3.63) is 64.2 Å². The number of nitro benzene ring substituents is 1. The highest BCUT2D eigenvalue weighted by Crippen LogP contribution is 2.33. The van der Waals surface area contributed by atoms with E-state index < -0.39 is 4.92 Å². The van der Waals surface area contributed by atoms with Crippen molar-refractivity contribution in [1.29, 1.82) is 0 Å². The Hall–Kier alpha value is -1.85. The van der Waals surface area contributed by atoms with Crippen LogP contribution in [0.1, 0.15) is 18.5 Å². The van der Waals surface area contributed by atoms with Gasteiger partial charge in [-0.25, -0.2) is 0 Å². The highest BCUT2D eigenvalue weighted by molar-refractivity contribution is 7.99. The molecule has 0 heterocycles. The van der Waals surface area contributed by atoms with Gasteiger partial charge in [-0.05, 0) is 30.7 Å². The molecule has 0 saturated heterocycles. The van der Waals surface area contributed by atoms with Crippen LogP contribution < -0.4 is 5.73 Å². The normalized spacial score (nSPS) is 12.1. The molecule has 2 N–H and O–H groups in total. The fourth-order valence-corrected chi connectivity index (χ4v) is 2.76. The molecule has 19 heavy (non-hydrogen) atoms. The highest BCUT2D eigenvalue weighted by atomic mass is 32.2.